The SMILES string of the molecule is O=C(Cn1nnc(-c2ccccc2)n1)N1CCC(N2CCCOC2=O)CC1. The molecule has 0 aliphatic carbocycles. The summed E-state index contributed by atoms with van der Waals surface area (Å²) in [6, 6.07) is 9.69. The molecule has 1 aromatic carbocycles. The summed E-state index contributed by atoms with van der Waals surface area (Å²) in [5.41, 5.74) is 0.866. The van der Waals surface area contributed by atoms with Crippen molar-refractivity contribution in [3.05, 3.63) is 30.3 Å². The van der Waals surface area contributed by atoms with Gasteiger partial charge in [-0.1, -0.05) is 30.3 Å². The smallest absolute Gasteiger partial charge is 0.410 e. The van der Waals surface area contributed by atoms with Crippen molar-refractivity contribution in [1.82, 2.24) is 30.0 Å². The zero-order valence-corrected chi connectivity index (χ0v) is 15.0. The molecule has 0 radical (unpaired) electrons. The van der Waals surface area contributed by atoms with Gasteiger partial charge in [-0.15, -0.1) is 10.2 Å². The molecule has 0 atom stereocenters. The molecule has 2 aliphatic rings. The average Bonchev–Trinajstić information content (AvgIpc) is 3.18. The minimum atomic E-state index is -0.230. The van der Waals surface area contributed by atoms with Crippen LogP contribution in [-0.2, 0) is 16.1 Å². The van der Waals surface area contributed by atoms with E-state index in [1.54, 1.807) is 9.80 Å². The highest BCUT2D eigenvalue weighted by atomic mass is 16.6. The number of carbonyl (C=O) groups is 2. The number of carbonyl (C=O) groups excluding carboxylic acids is 2. The van der Waals surface area contributed by atoms with Gasteiger partial charge in [0.25, 0.3) is 0 Å². The second-order valence-corrected chi connectivity index (χ2v) is 6.78. The van der Waals surface area contributed by atoms with Crippen LogP contribution >= 0.6 is 0 Å². The Balaban J connectivity index is 1.31. The number of tetrazole rings is 1. The minimum absolute atomic E-state index is 0.0355. The number of amides is 2. The van der Waals surface area contributed by atoms with Gasteiger partial charge in [-0.3, -0.25) is 4.79 Å². The highest BCUT2D eigenvalue weighted by Gasteiger charge is 2.32. The summed E-state index contributed by atoms with van der Waals surface area (Å²) in [6.45, 7) is 2.54. The highest BCUT2D eigenvalue weighted by molar-refractivity contribution is 5.76. The topological polar surface area (TPSA) is 93.5 Å². The van der Waals surface area contributed by atoms with Gasteiger partial charge in [0, 0.05) is 31.2 Å². The number of benzene rings is 1. The van der Waals surface area contributed by atoms with Gasteiger partial charge in [-0.05, 0) is 24.5 Å². The third-order valence-electron chi connectivity index (χ3n) is 5.02. The predicted octanol–water partition coefficient (Wildman–Crippen LogP) is 1.17. The van der Waals surface area contributed by atoms with E-state index in [0.717, 1.165) is 31.4 Å². The number of cyclic esters (lactones) is 1. The lowest BCUT2D eigenvalue weighted by Crippen LogP contribution is -2.51. The molecule has 2 aliphatic heterocycles. The van der Waals surface area contributed by atoms with Crippen LogP contribution in [0.1, 0.15) is 19.3 Å². The lowest BCUT2D eigenvalue weighted by atomic mass is 10.0. The lowest BCUT2D eigenvalue weighted by molar-refractivity contribution is -0.133. The van der Waals surface area contributed by atoms with E-state index in [4.69, 9.17) is 4.74 Å². The predicted molar refractivity (Wildman–Crippen MR) is 95.5 cm³/mol. The molecule has 2 fully saturated rings. The Bertz CT molecular complexity index is 800. The van der Waals surface area contributed by atoms with E-state index >= 15 is 0 Å². The van der Waals surface area contributed by atoms with E-state index in [9.17, 15) is 9.59 Å². The Kier molecular flexibility index (Phi) is 4.99. The number of ether oxygens (including phenoxy) is 1. The molecule has 0 bridgehead atoms. The van der Waals surface area contributed by atoms with Crippen molar-refractivity contribution in [3.8, 4) is 11.4 Å². The van der Waals surface area contributed by atoms with Crippen molar-refractivity contribution in [3.63, 3.8) is 0 Å². The summed E-state index contributed by atoms with van der Waals surface area (Å²) in [7, 11) is 0. The molecule has 3 heterocycles. The van der Waals surface area contributed by atoms with Gasteiger partial charge in [0.2, 0.25) is 11.7 Å². The van der Waals surface area contributed by atoms with Crippen LogP contribution in [-0.4, -0.2) is 74.3 Å². The molecular formula is C18H22N6O3. The number of piperidine rings is 1. The molecular weight excluding hydrogens is 348 g/mol. The van der Waals surface area contributed by atoms with E-state index < -0.39 is 0 Å². The first kappa shape index (κ1) is 17.4. The fourth-order valence-corrected chi connectivity index (χ4v) is 3.56. The Morgan fingerprint density at radius 3 is 2.67 bits per heavy atom. The highest BCUT2D eigenvalue weighted by Crippen LogP contribution is 2.20. The molecule has 0 saturated carbocycles. The van der Waals surface area contributed by atoms with Gasteiger partial charge < -0.3 is 14.5 Å². The van der Waals surface area contributed by atoms with Gasteiger partial charge in [-0.25, -0.2) is 4.79 Å². The van der Waals surface area contributed by atoms with E-state index in [-0.39, 0.29) is 24.6 Å². The van der Waals surface area contributed by atoms with Crippen LogP contribution in [0, 0.1) is 0 Å². The number of aromatic nitrogens is 4. The first-order chi connectivity index (χ1) is 13.2. The Hall–Kier alpha value is -2.97. The van der Waals surface area contributed by atoms with Crippen LogP contribution in [0.15, 0.2) is 30.3 Å². The number of hydrogen-bond donors (Lipinski definition) is 0. The maximum absolute atomic E-state index is 12.6. The largest absolute Gasteiger partial charge is 0.449 e. The van der Waals surface area contributed by atoms with Crippen molar-refractivity contribution in [1.29, 1.82) is 0 Å². The summed E-state index contributed by atoms with van der Waals surface area (Å²) in [5, 5.41) is 12.3. The molecule has 27 heavy (non-hydrogen) atoms. The normalized spacial score (nSPS) is 18.4. The molecule has 9 heteroatoms. The maximum Gasteiger partial charge on any atom is 0.410 e. The molecule has 1 aromatic heterocycles. The maximum atomic E-state index is 12.6. The van der Waals surface area contributed by atoms with Crippen molar-refractivity contribution >= 4 is 12.0 Å². The van der Waals surface area contributed by atoms with Crippen molar-refractivity contribution < 1.29 is 14.3 Å². The van der Waals surface area contributed by atoms with E-state index in [1.165, 1.54) is 4.80 Å². The zero-order chi connectivity index (χ0) is 18.6. The van der Waals surface area contributed by atoms with Gasteiger partial charge in [0.05, 0.1) is 6.61 Å². The van der Waals surface area contributed by atoms with E-state index in [2.05, 4.69) is 15.4 Å². The molecule has 9 nitrogen and oxygen atoms in total. The monoisotopic (exact) mass is 370 g/mol. The zero-order valence-electron chi connectivity index (χ0n) is 15.0. The standard InChI is InChI=1S/C18H22N6O3/c25-16(13-24-20-17(19-21-24)14-5-2-1-3-6-14)22-10-7-15(8-11-22)23-9-4-12-27-18(23)26/h1-3,5-6,15H,4,7-13H2. The Labute approximate surface area is 156 Å². The molecule has 0 spiro atoms. The molecule has 2 saturated heterocycles. The molecule has 0 N–H and O–H groups in total. The molecule has 0 unspecified atom stereocenters. The van der Waals surface area contributed by atoms with Crippen LogP contribution in [0.4, 0.5) is 4.79 Å². The van der Waals surface area contributed by atoms with Crippen molar-refractivity contribution in [2.75, 3.05) is 26.2 Å². The van der Waals surface area contributed by atoms with Gasteiger partial charge in [-0.2, -0.15) is 4.80 Å². The third kappa shape index (κ3) is 3.91. The summed E-state index contributed by atoms with van der Waals surface area (Å²) >= 11 is 0. The quantitative estimate of drug-likeness (QED) is 0.802. The van der Waals surface area contributed by atoms with Crippen molar-refractivity contribution in [2.45, 2.75) is 31.8 Å². The second-order valence-electron chi connectivity index (χ2n) is 6.78. The summed E-state index contributed by atoms with van der Waals surface area (Å²) in [5.74, 6) is 0.470. The van der Waals surface area contributed by atoms with Gasteiger partial charge >= 0.3 is 6.09 Å². The van der Waals surface area contributed by atoms with E-state index in [1.807, 2.05) is 30.3 Å². The Morgan fingerprint density at radius 2 is 1.93 bits per heavy atom. The lowest BCUT2D eigenvalue weighted by Gasteiger charge is -2.39. The average molecular weight is 370 g/mol. The van der Waals surface area contributed by atoms with Gasteiger partial charge in [0.15, 0.2) is 0 Å². The van der Waals surface area contributed by atoms with E-state index in [0.29, 0.717) is 25.5 Å². The van der Waals surface area contributed by atoms with Crippen LogP contribution in [0.25, 0.3) is 11.4 Å². The number of nitrogens with zero attached hydrogens (tertiary/aromatic N) is 6. The fourth-order valence-electron chi connectivity index (χ4n) is 3.56. The van der Waals surface area contributed by atoms with Crippen LogP contribution in [0.3, 0.4) is 0 Å². The number of rotatable bonds is 4. The molecule has 2 amide bonds. The molecule has 142 valence electrons. The summed E-state index contributed by atoms with van der Waals surface area (Å²) < 4.78 is 5.12. The first-order valence-electron chi connectivity index (χ1n) is 9.25. The van der Waals surface area contributed by atoms with Crippen LogP contribution in [0.2, 0.25) is 0 Å². The third-order valence-corrected chi connectivity index (χ3v) is 5.02. The minimum Gasteiger partial charge on any atom is -0.449 e. The molecule has 4 rings (SSSR count). The number of likely N-dealkylation sites (tertiary alicyclic amines) is 1. The number of hydrogen-bond acceptors (Lipinski definition) is 6. The molecule has 2 aromatic rings. The van der Waals surface area contributed by atoms with Crippen LogP contribution in [0.5, 0.6) is 0 Å². The fraction of sp³-hybridized carbons (Fsp3) is 0.500. The first-order valence-corrected chi connectivity index (χ1v) is 9.25. The summed E-state index contributed by atoms with van der Waals surface area (Å²) in [4.78, 5) is 29.4. The van der Waals surface area contributed by atoms with Crippen LogP contribution < -0.4 is 0 Å². The van der Waals surface area contributed by atoms with Gasteiger partial charge in [0.1, 0.15) is 6.54 Å². The van der Waals surface area contributed by atoms with Crippen molar-refractivity contribution in [2.24, 2.45) is 0 Å². The summed E-state index contributed by atoms with van der Waals surface area (Å²) in [6.07, 6.45) is 2.17. The Morgan fingerprint density at radius 1 is 1.15 bits per heavy atom. The second kappa shape index (κ2) is 7.73.